The number of rotatable bonds is 3. The van der Waals surface area contributed by atoms with Gasteiger partial charge < -0.3 is 9.14 Å². The van der Waals surface area contributed by atoms with Crippen molar-refractivity contribution in [3.8, 4) is 23.1 Å². The molecular weight excluding hydrogens is 262 g/mol. The molecule has 0 aliphatic rings. The van der Waals surface area contributed by atoms with E-state index in [0.717, 1.165) is 33.9 Å². The molecule has 4 heteroatoms. The number of hydrogen-bond acceptors (Lipinski definition) is 3. The lowest BCUT2D eigenvalue weighted by molar-refractivity contribution is 0.415. The number of imidazole rings is 1. The van der Waals surface area contributed by atoms with Crippen LogP contribution in [0.4, 0.5) is 0 Å². The van der Waals surface area contributed by atoms with E-state index in [1.807, 2.05) is 53.9 Å². The van der Waals surface area contributed by atoms with Crippen LogP contribution in [0.1, 0.15) is 11.3 Å². The third kappa shape index (κ3) is 2.34. The molecular formula is C17H15N3O. The molecule has 4 nitrogen and oxygen atoms in total. The highest BCUT2D eigenvalue weighted by atomic mass is 16.5. The normalized spacial score (nSPS) is 10.5. The number of nitriles is 1. The monoisotopic (exact) mass is 277 g/mol. The molecule has 0 aliphatic heterocycles. The molecule has 0 saturated carbocycles. The molecule has 21 heavy (non-hydrogen) atoms. The van der Waals surface area contributed by atoms with E-state index in [9.17, 15) is 0 Å². The van der Waals surface area contributed by atoms with Crippen molar-refractivity contribution in [1.29, 1.82) is 5.26 Å². The zero-order chi connectivity index (χ0) is 14.8. The van der Waals surface area contributed by atoms with Crippen molar-refractivity contribution in [2.45, 2.75) is 13.3 Å². The topological polar surface area (TPSA) is 50.3 Å². The Balaban J connectivity index is 2.25. The molecule has 2 aromatic heterocycles. The molecule has 2 heterocycles. The van der Waals surface area contributed by atoms with Crippen LogP contribution in [0.2, 0.25) is 0 Å². The van der Waals surface area contributed by atoms with E-state index in [4.69, 9.17) is 15.0 Å². The zero-order valence-electron chi connectivity index (χ0n) is 12.0. The van der Waals surface area contributed by atoms with Crippen molar-refractivity contribution in [3.05, 3.63) is 53.9 Å². The van der Waals surface area contributed by atoms with Gasteiger partial charge in [-0.05, 0) is 36.8 Å². The quantitative estimate of drug-likeness (QED) is 0.737. The lowest BCUT2D eigenvalue weighted by atomic mass is 10.1. The number of hydrogen-bond donors (Lipinski definition) is 0. The SMILES string of the molecule is COc1cccc(-c2nc3cc(C)ccn3c2CC#N)c1. The highest BCUT2D eigenvalue weighted by molar-refractivity contribution is 5.68. The van der Waals surface area contributed by atoms with Crippen LogP contribution in [0, 0.1) is 18.3 Å². The van der Waals surface area contributed by atoms with Crippen molar-refractivity contribution >= 4 is 5.65 Å². The van der Waals surface area contributed by atoms with Gasteiger partial charge in [-0.2, -0.15) is 5.26 Å². The van der Waals surface area contributed by atoms with Crippen LogP contribution in [0.5, 0.6) is 5.75 Å². The zero-order valence-corrected chi connectivity index (χ0v) is 12.0. The number of methoxy groups -OCH3 is 1. The van der Waals surface area contributed by atoms with Crippen LogP contribution in [0.3, 0.4) is 0 Å². The number of ether oxygens (including phenoxy) is 1. The molecule has 0 fully saturated rings. The minimum Gasteiger partial charge on any atom is -0.497 e. The van der Waals surface area contributed by atoms with Crippen molar-refractivity contribution in [2.75, 3.05) is 7.11 Å². The number of pyridine rings is 1. The predicted octanol–water partition coefficient (Wildman–Crippen LogP) is 3.38. The second-order valence-electron chi connectivity index (χ2n) is 4.91. The van der Waals surface area contributed by atoms with Crippen molar-refractivity contribution < 1.29 is 4.74 Å². The third-order valence-electron chi connectivity index (χ3n) is 3.47. The van der Waals surface area contributed by atoms with E-state index < -0.39 is 0 Å². The van der Waals surface area contributed by atoms with Crippen molar-refractivity contribution in [1.82, 2.24) is 9.38 Å². The number of nitrogens with zero attached hydrogens (tertiary/aromatic N) is 3. The minimum atomic E-state index is 0.316. The molecule has 3 rings (SSSR count). The summed E-state index contributed by atoms with van der Waals surface area (Å²) >= 11 is 0. The largest absolute Gasteiger partial charge is 0.497 e. The lowest BCUT2D eigenvalue weighted by Gasteiger charge is -2.04. The number of benzene rings is 1. The molecule has 0 atom stereocenters. The average Bonchev–Trinajstić information content (AvgIpc) is 2.85. The first kappa shape index (κ1) is 13.2. The molecule has 0 aliphatic carbocycles. The van der Waals surface area contributed by atoms with Crippen LogP contribution in [-0.2, 0) is 6.42 Å². The Kier molecular flexibility index (Phi) is 3.33. The molecule has 0 unspecified atom stereocenters. The fraction of sp³-hybridized carbons (Fsp3) is 0.176. The van der Waals surface area contributed by atoms with E-state index in [1.54, 1.807) is 7.11 Å². The summed E-state index contributed by atoms with van der Waals surface area (Å²) in [7, 11) is 1.64. The summed E-state index contributed by atoms with van der Waals surface area (Å²) in [6.45, 7) is 2.03. The number of fused-ring (bicyclic) bond motifs is 1. The third-order valence-corrected chi connectivity index (χ3v) is 3.47. The molecule has 0 spiro atoms. The van der Waals surface area contributed by atoms with Crippen LogP contribution in [0.25, 0.3) is 16.9 Å². The van der Waals surface area contributed by atoms with Gasteiger partial charge in [-0.3, -0.25) is 0 Å². The van der Waals surface area contributed by atoms with Gasteiger partial charge >= 0.3 is 0 Å². The number of aryl methyl sites for hydroxylation is 1. The maximum absolute atomic E-state index is 9.11. The molecule has 104 valence electrons. The smallest absolute Gasteiger partial charge is 0.137 e. The van der Waals surface area contributed by atoms with Gasteiger partial charge in [0.1, 0.15) is 11.4 Å². The summed E-state index contributed by atoms with van der Waals surface area (Å²) in [4.78, 5) is 4.69. The van der Waals surface area contributed by atoms with E-state index in [1.165, 1.54) is 0 Å². The number of aromatic nitrogens is 2. The molecule has 0 saturated heterocycles. The summed E-state index contributed by atoms with van der Waals surface area (Å²) in [6.07, 6.45) is 2.28. The Labute approximate surface area is 123 Å². The Morgan fingerprint density at radius 3 is 2.90 bits per heavy atom. The second kappa shape index (κ2) is 5.29. The Morgan fingerprint density at radius 1 is 1.29 bits per heavy atom. The molecule has 0 amide bonds. The summed E-state index contributed by atoms with van der Waals surface area (Å²) < 4.78 is 7.25. The standard InChI is InChI=1S/C17H15N3O/c1-12-7-9-20-15(6-8-18)17(19-16(20)10-12)13-4-3-5-14(11-13)21-2/h3-5,7,9-11H,6H2,1-2H3. The van der Waals surface area contributed by atoms with E-state index in [2.05, 4.69) is 6.07 Å². The van der Waals surface area contributed by atoms with Gasteiger partial charge in [0, 0.05) is 11.8 Å². The van der Waals surface area contributed by atoms with E-state index in [-0.39, 0.29) is 0 Å². The maximum Gasteiger partial charge on any atom is 0.137 e. The van der Waals surface area contributed by atoms with Crippen LogP contribution >= 0.6 is 0 Å². The fourth-order valence-corrected chi connectivity index (χ4v) is 2.44. The highest BCUT2D eigenvalue weighted by Gasteiger charge is 2.14. The molecule has 0 N–H and O–H groups in total. The van der Waals surface area contributed by atoms with Crippen LogP contribution in [-0.4, -0.2) is 16.5 Å². The Hall–Kier alpha value is -2.80. The molecule has 0 radical (unpaired) electrons. The van der Waals surface area contributed by atoms with Gasteiger partial charge in [0.2, 0.25) is 0 Å². The second-order valence-corrected chi connectivity index (χ2v) is 4.91. The first-order valence-corrected chi connectivity index (χ1v) is 6.72. The predicted molar refractivity (Wildman–Crippen MR) is 81.2 cm³/mol. The van der Waals surface area contributed by atoms with Gasteiger partial charge in [0.05, 0.1) is 31.0 Å². The summed E-state index contributed by atoms with van der Waals surface area (Å²) in [5, 5.41) is 9.11. The van der Waals surface area contributed by atoms with Gasteiger partial charge in [0.25, 0.3) is 0 Å². The van der Waals surface area contributed by atoms with Crippen molar-refractivity contribution in [2.24, 2.45) is 0 Å². The summed E-state index contributed by atoms with van der Waals surface area (Å²) in [6, 6.07) is 14.0. The van der Waals surface area contributed by atoms with Gasteiger partial charge in [-0.1, -0.05) is 12.1 Å². The molecule has 0 bridgehead atoms. The highest BCUT2D eigenvalue weighted by Crippen LogP contribution is 2.28. The van der Waals surface area contributed by atoms with E-state index in [0.29, 0.717) is 6.42 Å². The van der Waals surface area contributed by atoms with Gasteiger partial charge in [0.15, 0.2) is 0 Å². The van der Waals surface area contributed by atoms with Crippen LogP contribution < -0.4 is 4.74 Å². The lowest BCUT2D eigenvalue weighted by Crippen LogP contribution is -1.93. The van der Waals surface area contributed by atoms with Gasteiger partial charge in [-0.15, -0.1) is 0 Å². The average molecular weight is 277 g/mol. The van der Waals surface area contributed by atoms with Crippen LogP contribution in [0.15, 0.2) is 42.6 Å². The Morgan fingerprint density at radius 2 is 2.14 bits per heavy atom. The van der Waals surface area contributed by atoms with Gasteiger partial charge in [-0.25, -0.2) is 4.98 Å². The summed E-state index contributed by atoms with van der Waals surface area (Å²) in [5.41, 5.74) is 4.70. The first-order chi connectivity index (χ1) is 10.2. The van der Waals surface area contributed by atoms with Crippen molar-refractivity contribution in [3.63, 3.8) is 0 Å². The summed E-state index contributed by atoms with van der Waals surface area (Å²) in [5.74, 6) is 0.781. The Bertz CT molecular complexity index is 843. The molecule has 1 aromatic carbocycles. The first-order valence-electron chi connectivity index (χ1n) is 6.72. The van der Waals surface area contributed by atoms with E-state index >= 15 is 0 Å². The maximum atomic E-state index is 9.11. The fourth-order valence-electron chi connectivity index (χ4n) is 2.44. The minimum absolute atomic E-state index is 0.316. The molecule has 3 aromatic rings.